The third-order valence-corrected chi connectivity index (χ3v) is 7.98. The maximum atomic E-state index is 12.5. The number of carbonyl (C=O) groups excluding carboxylic acids is 1. The Morgan fingerprint density at radius 2 is 1.30 bits per heavy atom. The van der Waals surface area contributed by atoms with Gasteiger partial charge in [0.05, 0.1) is 4.90 Å². The highest BCUT2D eigenvalue weighted by Crippen LogP contribution is 2.18. The molecule has 1 amide bonds. The van der Waals surface area contributed by atoms with E-state index in [1.807, 2.05) is 13.8 Å². The number of amides is 1. The highest BCUT2D eigenvalue weighted by molar-refractivity contribution is 7.89. The molecule has 0 heterocycles. The van der Waals surface area contributed by atoms with Crippen molar-refractivity contribution in [1.82, 2.24) is 9.62 Å². The predicted octanol–water partition coefficient (Wildman–Crippen LogP) is 6.23. The van der Waals surface area contributed by atoms with Crippen LogP contribution in [0.3, 0.4) is 0 Å². The van der Waals surface area contributed by atoms with E-state index in [1.165, 1.54) is 62.1 Å². The molecule has 2 N–H and O–H groups in total. The van der Waals surface area contributed by atoms with Crippen molar-refractivity contribution < 1.29 is 13.2 Å². The van der Waals surface area contributed by atoms with Crippen molar-refractivity contribution >= 4 is 38.9 Å². The fourth-order valence-corrected chi connectivity index (χ4v) is 5.41. The molecule has 8 heteroatoms. The number of nitrogens with one attached hydrogen (secondary N) is 2. The fourth-order valence-electron chi connectivity index (χ4n) is 3.72. The van der Waals surface area contributed by atoms with E-state index in [-0.39, 0.29) is 15.9 Å². The van der Waals surface area contributed by atoms with Gasteiger partial charge >= 0.3 is 0 Å². The van der Waals surface area contributed by atoms with E-state index in [2.05, 4.69) is 17.6 Å². The summed E-state index contributed by atoms with van der Waals surface area (Å²) in [6, 6.07) is 6.40. The molecule has 0 aliphatic heterocycles. The molecule has 0 saturated heterocycles. The summed E-state index contributed by atoms with van der Waals surface area (Å²) in [6.07, 6.45) is 14.2. The fraction of sp³-hybridized carbons (Fsp3) is 0.680. The van der Waals surface area contributed by atoms with Gasteiger partial charge in [-0.25, -0.2) is 8.42 Å². The first-order valence-electron chi connectivity index (χ1n) is 12.6. The Morgan fingerprint density at radius 3 is 1.79 bits per heavy atom. The van der Waals surface area contributed by atoms with Crippen molar-refractivity contribution in [3.05, 3.63) is 24.3 Å². The lowest BCUT2D eigenvalue weighted by molar-refractivity contribution is -0.119. The Kier molecular flexibility index (Phi) is 15.2. The van der Waals surface area contributed by atoms with Crippen LogP contribution in [-0.4, -0.2) is 36.8 Å². The molecule has 188 valence electrons. The minimum absolute atomic E-state index is 0.0934. The molecule has 33 heavy (non-hydrogen) atoms. The van der Waals surface area contributed by atoms with Crippen LogP contribution in [0.5, 0.6) is 0 Å². The Labute approximate surface area is 207 Å². The maximum absolute atomic E-state index is 12.5. The molecule has 1 rings (SSSR count). The van der Waals surface area contributed by atoms with Crippen LogP contribution in [-0.2, 0) is 14.8 Å². The second-order valence-electron chi connectivity index (χ2n) is 8.40. The summed E-state index contributed by atoms with van der Waals surface area (Å²) in [5.41, 5.74) is 0.633. The first-order valence-corrected chi connectivity index (χ1v) is 14.4. The minimum atomic E-state index is -3.49. The number of hydrogen-bond acceptors (Lipinski definition) is 4. The highest BCUT2D eigenvalue weighted by atomic mass is 32.2. The smallest absolute Gasteiger partial charge is 0.243 e. The molecule has 0 bridgehead atoms. The van der Waals surface area contributed by atoms with E-state index >= 15 is 0 Å². The lowest BCUT2D eigenvalue weighted by Gasteiger charge is -2.18. The standard InChI is InChI=1S/C25H43N3O3S2/c1-4-7-8-9-10-11-12-13-14-15-16-17-24(29)27-25(32)26-22-18-20-23(21-19-22)33(30,31)28(5-2)6-3/h18-21H,4-17H2,1-3H3,(H2,26,27,29,32). The second kappa shape index (κ2) is 17.0. The highest BCUT2D eigenvalue weighted by Gasteiger charge is 2.21. The van der Waals surface area contributed by atoms with Gasteiger partial charge in [0.25, 0.3) is 0 Å². The van der Waals surface area contributed by atoms with Crippen molar-refractivity contribution in [3.63, 3.8) is 0 Å². The molecule has 0 spiro atoms. The van der Waals surface area contributed by atoms with E-state index in [0.717, 1.165) is 12.8 Å². The van der Waals surface area contributed by atoms with E-state index in [1.54, 1.807) is 24.3 Å². The SMILES string of the molecule is CCCCCCCCCCCCCC(=O)NC(=S)Nc1ccc(S(=O)(=O)N(CC)CC)cc1. The minimum Gasteiger partial charge on any atom is -0.332 e. The van der Waals surface area contributed by atoms with Gasteiger partial charge in [-0.1, -0.05) is 85.0 Å². The molecule has 6 nitrogen and oxygen atoms in total. The third kappa shape index (κ3) is 12.0. The van der Waals surface area contributed by atoms with Crippen LogP contribution in [0, 0.1) is 0 Å². The van der Waals surface area contributed by atoms with Crippen molar-refractivity contribution in [1.29, 1.82) is 0 Å². The van der Waals surface area contributed by atoms with Crippen LogP contribution >= 0.6 is 12.2 Å². The van der Waals surface area contributed by atoms with Gasteiger partial charge in [-0.2, -0.15) is 4.31 Å². The summed E-state index contributed by atoms with van der Waals surface area (Å²) in [7, 11) is -3.49. The van der Waals surface area contributed by atoms with Gasteiger partial charge in [-0.05, 0) is 42.9 Å². The van der Waals surface area contributed by atoms with E-state index in [4.69, 9.17) is 12.2 Å². The molecule has 1 aromatic rings. The zero-order valence-electron chi connectivity index (χ0n) is 20.7. The van der Waals surface area contributed by atoms with Gasteiger partial charge in [0.15, 0.2) is 5.11 Å². The number of rotatable bonds is 17. The van der Waals surface area contributed by atoms with Crippen LogP contribution in [0.15, 0.2) is 29.2 Å². The quantitative estimate of drug-likeness (QED) is 0.197. The van der Waals surface area contributed by atoms with Crippen LogP contribution in [0.25, 0.3) is 0 Å². The first kappa shape index (κ1) is 29.5. The van der Waals surface area contributed by atoms with Crippen molar-refractivity contribution in [3.8, 4) is 0 Å². The van der Waals surface area contributed by atoms with Crippen molar-refractivity contribution in [2.75, 3.05) is 18.4 Å². The predicted molar refractivity (Wildman–Crippen MR) is 142 cm³/mol. The lowest BCUT2D eigenvalue weighted by Crippen LogP contribution is -2.34. The van der Waals surface area contributed by atoms with Gasteiger partial charge in [0.2, 0.25) is 15.9 Å². The molecule has 0 aromatic heterocycles. The molecular formula is C25H43N3O3S2. The van der Waals surface area contributed by atoms with Crippen LogP contribution in [0.2, 0.25) is 0 Å². The largest absolute Gasteiger partial charge is 0.332 e. The van der Waals surface area contributed by atoms with E-state index in [0.29, 0.717) is 25.2 Å². The molecule has 0 atom stereocenters. The second-order valence-corrected chi connectivity index (χ2v) is 10.7. The van der Waals surface area contributed by atoms with E-state index < -0.39 is 10.0 Å². The van der Waals surface area contributed by atoms with Crippen molar-refractivity contribution in [2.24, 2.45) is 0 Å². The molecule has 0 saturated carbocycles. The Hall–Kier alpha value is -1.51. The Balaban J connectivity index is 2.23. The van der Waals surface area contributed by atoms with Gasteiger partial charge < -0.3 is 10.6 Å². The van der Waals surface area contributed by atoms with Gasteiger partial charge in [-0.3, -0.25) is 4.79 Å². The summed E-state index contributed by atoms with van der Waals surface area (Å²) >= 11 is 5.22. The maximum Gasteiger partial charge on any atom is 0.243 e. The number of anilines is 1. The number of unbranched alkanes of at least 4 members (excludes halogenated alkanes) is 10. The molecule has 0 aliphatic rings. The molecule has 0 radical (unpaired) electrons. The molecule has 0 aliphatic carbocycles. The van der Waals surface area contributed by atoms with Crippen LogP contribution in [0.4, 0.5) is 5.69 Å². The monoisotopic (exact) mass is 497 g/mol. The lowest BCUT2D eigenvalue weighted by atomic mass is 10.1. The van der Waals surface area contributed by atoms with Gasteiger partial charge in [-0.15, -0.1) is 0 Å². The van der Waals surface area contributed by atoms with Gasteiger partial charge in [0, 0.05) is 25.2 Å². The number of nitrogens with zero attached hydrogens (tertiary/aromatic N) is 1. The molecule has 1 aromatic carbocycles. The number of carbonyl (C=O) groups is 1. The number of benzene rings is 1. The summed E-state index contributed by atoms with van der Waals surface area (Å²) < 4.78 is 26.5. The van der Waals surface area contributed by atoms with E-state index in [9.17, 15) is 13.2 Å². The number of sulfonamides is 1. The first-order chi connectivity index (χ1) is 15.8. The number of hydrogen-bond donors (Lipinski definition) is 2. The average Bonchev–Trinajstić information content (AvgIpc) is 2.78. The van der Waals surface area contributed by atoms with Crippen LogP contribution in [0.1, 0.15) is 97.8 Å². The zero-order chi connectivity index (χ0) is 24.5. The summed E-state index contributed by atoms with van der Waals surface area (Å²) in [4.78, 5) is 12.3. The Bertz CT molecular complexity index is 792. The van der Waals surface area contributed by atoms with Crippen LogP contribution < -0.4 is 10.6 Å². The average molecular weight is 498 g/mol. The van der Waals surface area contributed by atoms with Crippen molar-refractivity contribution in [2.45, 2.75) is 103 Å². The number of thiocarbonyl (C=S) groups is 1. The van der Waals surface area contributed by atoms with Gasteiger partial charge in [0.1, 0.15) is 0 Å². The summed E-state index contributed by atoms with van der Waals surface area (Å²) in [5.74, 6) is -0.0934. The third-order valence-electron chi connectivity index (χ3n) is 5.72. The molecule has 0 unspecified atom stereocenters. The summed E-state index contributed by atoms with van der Waals surface area (Å²) in [5, 5.41) is 5.87. The zero-order valence-corrected chi connectivity index (χ0v) is 22.3. The summed E-state index contributed by atoms with van der Waals surface area (Å²) in [6.45, 7) is 6.72. The molecule has 0 fully saturated rings. The molecular weight excluding hydrogens is 454 g/mol. The normalized spacial score (nSPS) is 11.5. The Morgan fingerprint density at radius 1 is 0.818 bits per heavy atom. The topological polar surface area (TPSA) is 78.5 Å².